The lowest BCUT2D eigenvalue weighted by atomic mass is 10.3. The average molecular weight is 379 g/mol. The topological polar surface area (TPSA) is 99.7 Å². The number of nitrogens with one attached hydrogen (secondary N) is 3. The van der Waals surface area contributed by atoms with Gasteiger partial charge in [-0.2, -0.15) is 0 Å². The molecule has 0 bridgehead atoms. The normalized spacial score (nSPS) is 12.4. The van der Waals surface area contributed by atoms with E-state index in [1.165, 1.54) is 0 Å². The lowest BCUT2D eigenvalue weighted by Crippen LogP contribution is -2.34. The largest absolute Gasteiger partial charge is 0.491 e. The summed E-state index contributed by atoms with van der Waals surface area (Å²) in [5.74, 6) is 0.564. The van der Waals surface area contributed by atoms with Crippen molar-refractivity contribution < 1.29 is 18.3 Å². The fourth-order valence-corrected chi connectivity index (χ4v) is 2.77. The minimum atomic E-state index is -3.29. The molecule has 0 fully saturated rings. The van der Waals surface area contributed by atoms with Crippen molar-refractivity contribution in [2.24, 2.45) is 0 Å². The molecule has 0 saturated carbocycles. The molecule has 0 amide bonds. The Bertz CT molecular complexity index is 752. The molecule has 2 aromatic rings. The van der Waals surface area contributed by atoms with Crippen LogP contribution in [0.25, 0.3) is 0 Å². The first-order valence-corrected chi connectivity index (χ1v) is 10.2. The summed E-state index contributed by atoms with van der Waals surface area (Å²) in [5.41, 5.74) is 1.53. The van der Waals surface area contributed by atoms with E-state index in [1.807, 2.05) is 30.3 Å². The van der Waals surface area contributed by atoms with Gasteiger partial charge in [0.15, 0.2) is 0 Å². The van der Waals surface area contributed by atoms with Crippen LogP contribution >= 0.6 is 0 Å². The van der Waals surface area contributed by atoms with Gasteiger partial charge >= 0.3 is 0 Å². The van der Waals surface area contributed by atoms with E-state index in [9.17, 15) is 13.5 Å². The number of aliphatic hydroxyl groups excluding tert-OH is 1. The molecule has 0 aliphatic heterocycles. The second-order valence-electron chi connectivity index (χ2n) is 5.86. The van der Waals surface area contributed by atoms with Crippen molar-refractivity contribution in [1.29, 1.82) is 0 Å². The molecule has 26 heavy (non-hydrogen) atoms. The van der Waals surface area contributed by atoms with Crippen LogP contribution in [0, 0.1) is 0 Å². The number of anilines is 2. The van der Waals surface area contributed by atoms with Gasteiger partial charge in [-0.05, 0) is 36.4 Å². The summed E-state index contributed by atoms with van der Waals surface area (Å²) in [6.45, 7) is 2.05. The Morgan fingerprint density at radius 1 is 1.00 bits per heavy atom. The summed E-state index contributed by atoms with van der Waals surface area (Å²) in [6.07, 6.45) is 0.455. The van der Waals surface area contributed by atoms with Crippen molar-refractivity contribution in [2.45, 2.75) is 6.10 Å². The highest BCUT2D eigenvalue weighted by Gasteiger charge is 2.06. The van der Waals surface area contributed by atoms with Gasteiger partial charge in [0.25, 0.3) is 0 Å². The van der Waals surface area contributed by atoms with Gasteiger partial charge in [0, 0.05) is 31.0 Å². The molecule has 2 rings (SSSR count). The van der Waals surface area contributed by atoms with Crippen LogP contribution in [0.2, 0.25) is 0 Å². The van der Waals surface area contributed by atoms with E-state index in [2.05, 4.69) is 15.4 Å². The van der Waals surface area contributed by atoms with Crippen LogP contribution in [0.15, 0.2) is 54.6 Å². The van der Waals surface area contributed by atoms with E-state index in [1.54, 1.807) is 24.3 Å². The number of benzene rings is 2. The molecule has 1 atom stereocenters. The van der Waals surface area contributed by atoms with Gasteiger partial charge in [0.1, 0.15) is 18.5 Å². The predicted octanol–water partition coefficient (Wildman–Crippen LogP) is 1.50. The molecule has 0 unspecified atom stereocenters. The van der Waals surface area contributed by atoms with Crippen LogP contribution < -0.4 is 20.1 Å². The molecule has 0 aliphatic carbocycles. The van der Waals surface area contributed by atoms with E-state index >= 15 is 0 Å². The Kier molecular flexibility index (Phi) is 7.71. The van der Waals surface area contributed by atoms with Gasteiger partial charge in [0.05, 0.1) is 6.26 Å². The van der Waals surface area contributed by atoms with E-state index in [0.717, 1.165) is 25.0 Å². The number of rotatable bonds is 11. The third kappa shape index (κ3) is 8.19. The number of ether oxygens (including phenoxy) is 1. The SMILES string of the molecule is CS(=O)(=O)Nc1ccc(OC[C@@H](O)CNCCNc2ccccc2)cc1. The zero-order valence-electron chi connectivity index (χ0n) is 14.7. The van der Waals surface area contributed by atoms with Crippen LogP contribution in [0.3, 0.4) is 0 Å². The van der Waals surface area contributed by atoms with Crippen molar-refractivity contribution >= 4 is 21.4 Å². The fourth-order valence-electron chi connectivity index (χ4n) is 2.20. The van der Waals surface area contributed by atoms with Crippen LogP contribution in [-0.4, -0.2) is 52.1 Å². The third-order valence-electron chi connectivity index (χ3n) is 3.38. The maximum atomic E-state index is 11.1. The van der Waals surface area contributed by atoms with E-state index in [4.69, 9.17) is 4.74 Å². The Hall–Kier alpha value is -2.29. The molecule has 4 N–H and O–H groups in total. The molecule has 0 heterocycles. The highest BCUT2D eigenvalue weighted by atomic mass is 32.2. The van der Waals surface area contributed by atoms with Crippen molar-refractivity contribution in [1.82, 2.24) is 5.32 Å². The number of hydrogen-bond donors (Lipinski definition) is 4. The summed E-state index contributed by atoms with van der Waals surface area (Å²) in [7, 11) is -3.29. The summed E-state index contributed by atoms with van der Waals surface area (Å²) >= 11 is 0. The summed E-state index contributed by atoms with van der Waals surface area (Å²) in [4.78, 5) is 0. The number of aliphatic hydroxyl groups is 1. The first-order chi connectivity index (χ1) is 12.4. The number of hydrogen-bond acceptors (Lipinski definition) is 6. The van der Waals surface area contributed by atoms with Crippen LogP contribution in [-0.2, 0) is 10.0 Å². The minimum Gasteiger partial charge on any atom is -0.491 e. The standard InChI is InChI=1S/C18H25N3O4S/c1-26(23,24)21-16-7-9-18(10-8-16)25-14-17(22)13-19-11-12-20-15-5-3-2-4-6-15/h2-10,17,19-22H,11-14H2,1H3/t17-/m0/s1. The van der Waals surface area contributed by atoms with Crippen LogP contribution in [0.4, 0.5) is 11.4 Å². The van der Waals surface area contributed by atoms with E-state index in [-0.39, 0.29) is 6.61 Å². The lowest BCUT2D eigenvalue weighted by Gasteiger charge is -2.14. The van der Waals surface area contributed by atoms with Crippen LogP contribution in [0.1, 0.15) is 0 Å². The molecule has 0 aliphatic rings. The van der Waals surface area contributed by atoms with Gasteiger partial charge in [0.2, 0.25) is 10.0 Å². The average Bonchev–Trinajstić information content (AvgIpc) is 2.60. The van der Waals surface area contributed by atoms with Crippen molar-refractivity contribution in [3.63, 3.8) is 0 Å². The first-order valence-electron chi connectivity index (χ1n) is 8.31. The molecule has 142 valence electrons. The Balaban J connectivity index is 1.60. The lowest BCUT2D eigenvalue weighted by molar-refractivity contribution is 0.107. The number of sulfonamides is 1. The van der Waals surface area contributed by atoms with Gasteiger partial charge < -0.3 is 20.5 Å². The zero-order chi connectivity index (χ0) is 18.8. The summed E-state index contributed by atoms with van der Waals surface area (Å²) in [5, 5.41) is 16.4. The van der Waals surface area contributed by atoms with Crippen molar-refractivity contribution in [3.8, 4) is 5.75 Å². The molecule has 8 heteroatoms. The van der Waals surface area contributed by atoms with Gasteiger partial charge in [-0.15, -0.1) is 0 Å². The zero-order valence-corrected chi connectivity index (χ0v) is 15.5. The summed E-state index contributed by atoms with van der Waals surface area (Å²) < 4.78 is 30.2. The van der Waals surface area contributed by atoms with Crippen molar-refractivity contribution in [3.05, 3.63) is 54.6 Å². The molecule has 7 nitrogen and oxygen atoms in total. The second-order valence-corrected chi connectivity index (χ2v) is 7.61. The quantitative estimate of drug-likeness (QED) is 0.442. The highest BCUT2D eigenvalue weighted by molar-refractivity contribution is 7.92. The van der Waals surface area contributed by atoms with E-state index < -0.39 is 16.1 Å². The molecular weight excluding hydrogens is 354 g/mol. The Labute approximate surface area is 154 Å². The summed E-state index contributed by atoms with van der Waals surface area (Å²) in [6, 6.07) is 16.4. The Morgan fingerprint density at radius 2 is 1.69 bits per heavy atom. The maximum Gasteiger partial charge on any atom is 0.229 e. The van der Waals surface area contributed by atoms with Crippen LogP contribution in [0.5, 0.6) is 5.75 Å². The van der Waals surface area contributed by atoms with E-state index in [0.29, 0.717) is 18.0 Å². The molecular formula is C18H25N3O4S. The Morgan fingerprint density at radius 3 is 2.35 bits per heavy atom. The molecule has 0 saturated heterocycles. The highest BCUT2D eigenvalue weighted by Crippen LogP contribution is 2.16. The molecule has 2 aromatic carbocycles. The smallest absolute Gasteiger partial charge is 0.229 e. The fraction of sp³-hybridized carbons (Fsp3) is 0.333. The third-order valence-corrected chi connectivity index (χ3v) is 3.99. The van der Waals surface area contributed by atoms with Gasteiger partial charge in [-0.3, -0.25) is 4.72 Å². The monoisotopic (exact) mass is 379 g/mol. The minimum absolute atomic E-state index is 0.151. The van der Waals surface area contributed by atoms with Gasteiger partial charge in [-0.25, -0.2) is 8.42 Å². The molecule has 0 radical (unpaired) electrons. The van der Waals surface area contributed by atoms with Crippen molar-refractivity contribution in [2.75, 3.05) is 42.5 Å². The molecule has 0 aromatic heterocycles. The predicted molar refractivity (Wildman–Crippen MR) is 104 cm³/mol. The molecule has 0 spiro atoms. The number of para-hydroxylation sites is 1. The maximum absolute atomic E-state index is 11.1. The first kappa shape index (κ1) is 20.0. The second kappa shape index (κ2) is 10.0. The van der Waals surface area contributed by atoms with Gasteiger partial charge in [-0.1, -0.05) is 18.2 Å².